The SMILES string of the molecule is COCCNc1nc(NC2CC=CC2)nc(NC2CC=CC2)n1. The van der Waals surface area contributed by atoms with E-state index in [1.165, 1.54) is 0 Å². The number of hydrogen-bond acceptors (Lipinski definition) is 7. The molecule has 0 spiro atoms. The summed E-state index contributed by atoms with van der Waals surface area (Å²) in [6, 6.07) is 0.732. The highest BCUT2D eigenvalue weighted by Crippen LogP contribution is 2.19. The second kappa shape index (κ2) is 7.92. The van der Waals surface area contributed by atoms with Crippen LogP contribution in [-0.2, 0) is 4.74 Å². The smallest absolute Gasteiger partial charge is 0.229 e. The van der Waals surface area contributed by atoms with E-state index in [1.54, 1.807) is 7.11 Å². The number of aromatic nitrogens is 3. The third kappa shape index (κ3) is 4.66. The lowest BCUT2D eigenvalue weighted by Crippen LogP contribution is -2.22. The number of methoxy groups -OCH3 is 1. The average molecular weight is 316 g/mol. The van der Waals surface area contributed by atoms with Gasteiger partial charge in [0.05, 0.1) is 6.61 Å². The molecule has 0 radical (unpaired) electrons. The molecule has 124 valence electrons. The van der Waals surface area contributed by atoms with Crippen LogP contribution in [0.2, 0.25) is 0 Å². The van der Waals surface area contributed by atoms with Gasteiger partial charge in [0.25, 0.3) is 0 Å². The lowest BCUT2D eigenvalue weighted by atomic mass is 10.2. The van der Waals surface area contributed by atoms with E-state index < -0.39 is 0 Å². The first-order chi connectivity index (χ1) is 11.3. The molecule has 0 unspecified atom stereocenters. The molecule has 7 nitrogen and oxygen atoms in total. The second-order valence-corrected chi connectivity index (χ2v) is 5.79. The van der Waals surface area contributed by atoms with E-state index in [4.69, 9.17) is 4.74 Å². The first-order valence-electron chi connectivity index (χ1n) is 8.15. The predicted octanol–water partition coefficient (Wildman–Crippen LogP) is 2.19. The monoisotopic (exact) mass is 316 g/mol. The summed E-state index contributed by atoms with van der Waals surface area (Å²) in [5.41, 5.74) is 0. The molecule has 0 saturated carbocycles. The summed E-state index contributed by atoms with van der Waals surface area (Å²) in [6.07, 6.45) is 12.8. The Morgan fingerprint density at radius 1 is 0.870 bits per heavy atom. The van der Waals surface area contributed by atoms with Crippen molar-refractivity contribution in [1.29, 1.82) is 0 Å². The highest BCUT2D eigenvalue weighted by Gasteiger charge is 2.16. The van der Waals surface area contributed by atoms with Gasteiger partial charge in [0, 0.05) is 25.7 Å². The Kier molecular flexibility index (Phi) is 5.42. The van der Waals surface area contributed by atoms with Crippen LogP contribution >= 0.6 is 0 Å². The van der Waals surface area contributed by atoms with E-state index in [0.29, 0.717) is 43.1 Å². The van der Waals surface area contributed by atoms with Gasteiger partial charge in [-0.15, -0.1) is 0 Å². The van der Waals surface area contributed by atoms with Crippen LogP contribution in [0.3, 0.4) is 0 Å². The van der Waals surface area contributed by atoms with E-state index in [1.807, 2.05) is 0 Å². The van der Waals surface area contributed by atoms with Crippen molar-refractivity contribution in [1.82, 2.24) is 15.0 Å². The Bertz CT molecular complexity index is 515. The van der Waals surface area contributed by atoms with Crippen molar-refractivity contribution in [3.05, 3.63) is 24.3 Å². The van der Waals surface area contributed by atoms with Crippen LogP contribution in [0.5, 0.6) is 0 Å². The summed E-state index contributed by atoms with van der Waals surface area (Å²) in [7, 11) is 1.68. The molecule has 1 aromatic rings. The second-order valence-electron chi connectivity index (χ2n) is 5.79. The summed E-state index contributed by atoms with van der Waals surface area (Å²) in [5, 5.41) is 9.95. The summed E-state index contributed by atoms with van der Waals surface area (Å²) >= 11 is 0. The molecular weight excluding hydrogens is 292 g/mol. The molecule has 7 heteroatoms. The van der Waals surface area contributed by atoms with Gasteiger partial charge >= 0.3 is 0 Å². The maximum absolute atomic E-state index is 5.06. The van der Waals surface area contributed by atoms with Gasteiger partial charge in [0.2, 0.25) is 17.8 Å². The van der Waals surface area contributed by atoms with Crippen molar-refractivity contribution in [3.8, 4) is 0 Å². The Morgan fingerprint density at radius 2 is 1.35 bits per heavy atom. The van der Waals surface area contributed by atoms with Crippen LogP contribution < -0.4 is 16.0 Å². The first-order valence-corrected chi connectivity index (χ1v) is 8.15. The molecule has 1 aromatic heterocycles. The van der Waals surface area contributed by atoms with Crippen LogP contribution in [0, 0.1) is 0 Å². The van der Waals surface area contributed by atoms with Gasteiger partial charge in [0.1, 0.15) is 0 Å². The first kappa shape index (κ1) is 15.7. The average Bonchev–Trinajstić information content (AvgIpc) is 3.21. The summed E-state index contributed by atoms with van der Waals surface area (Å²) < 4.78 is 5.06. The number of nitrogens with zero attached hydrogens (tertiary/aromatic N) is 3. The lowest BCUT2D eigenvalue weighted by molar-refractivity contribution is 0.210. The minimum atomic E-state index is 0.366. The molecule has 0 bridgehead atoms. The van der Waals surface area contributed by atoms with Crippen molar-refractivity contribution in [2.75, 3.05) is 36.2 Å². The van der Waals surface area contributed by atoms with Gasteiger partial charge in [0.15, 0.2) is 0 Å². The Labute approximate surface area is 136 Å². The zero-order valence-electron chi connectivity index (χ0n) is 13.5. The van der Waals surface area contributed by atoms with E-state index in [9.17, 15) is 0 Å². The molecule has 23 heavy (non-hydrogen) atoms. The molecule has 2 aliphatic carbocycles. The third-order valence-corrected chi connectivity index (χ3v) is 3.91. The molecule has 0 amide bonds. The molecule has 0 aliphatic heterocycles. The largest absolute Gasteiger partial charge is 0.383 e. The van der Waals surface area contributed by atoms with Gasteiger partial charge < -0.3 is 20.7 Å². The number of ether oxygens (including phenoxy) is 1. The number of anilines is 3. The topological polar surface area (TPSA) is 84.0 Å². The quantitative estimate of drug-likeness (QED) is 0.501. The minimum Gasteiger partial charge on any atom is -0.383 e. The Hall–Kier alpha value is -2.15. The maximum Gasteiger partial charge on any atom is 0.229 e. The molecule has 3 rings (SSSR count). The molecule has 0 aromatic carbocycles. The maximum atomic E-state index is 5.06. The van der Waals surface area contributed by atoms with E-state index in [0.717, 1.165) is 25.7 Å². The molecule has 3 N–H and O–H groups in total. The Morgan fingerprint density at radius 3 is 1.83 bits per heavy atom. The molecular formula is C16H24N6O. The molecule has 2 aliphatic rings. The minimum absolute atomic E-state index is 0.366. The lowest BCUT2D eigenvalue weighted by Gasteiger charge is -2.16. The number of nitrogens with one attached hydrogen (secondary N) is 3. The normalized spacial score (nSPS) is 17.8. The summed E-state index contributed by atoms with van der Waals surface area (Å²) in [6.45, 7) is 1.27. The van der Waals surface area contributed by atoms with Gasteiger partial charge in [-0.05, 0) is 25.7 Å². The van der Waals surface area contributed by atoms with Crippen molar-refractivity contribution in [2.24, 2.45) is 0 Å². The van der Waals surface area contributed by atoms with E-state index in [2.05, 4.69) is 55.2 Å². The summed E-state index contributed by atoms with van der Waals surface area (Å²) in [5.74, 6) is 1.79. The van der Waals surface area contributed by atoms with E-state index >= 15 is 0 Å². The van der Waals surface area contributed by atoms with Crippen molar-refractivity contribution in [2.45, 2.75) is 37.8 Å². The standard InChI is InChI=1S/C16H24N6O/c1-23-11-10-17-14-20-15(18-12-6-2-3-7-12)22-16(21-14)19-13-8-4-5-9-13/h2-5,12-13H,6-11H2,1H3,(H3,17,18,19,20,21,22). The van der Waals surface area contributed by atoms with Crippen molar-refractivity contribution in [3.63, 3.8) is 0 Å². The molecule has 0 fully saturated rings. The molecule has 0 atom stereocenters. The number of hydrogen-bond donors (Lipinski definition) is 3. The Balaban J connectivity index is 1.68. The molecule has 0 saturated heterocycles. The molecule has 1 heterocycles. The van der Waals surface area contributed by atoms with Crippen molar-refractivity contribution < 1.29 is 4.74 Å². The van der Waals surface area contributed by atoms with Gasteiger partial charge in [-0.1, -0.05) is 24.3 Å². The van der Waals surface area contributed by atoms with Gasteiger partial charge in [-0.25, -0.2) is 0 Å². The fourth-order valence-corrected chi connectivity index (χ4v) is 2.68. The predicted molar refractivity (Wildman–Crippen MR) is 91.8 cm³/mol. The highest BCUT2D eigenvalue weighted by molar-refractivity contribution is 5.43. The zero-order chi connectivity index (χ0) is 15.9. The highest BCUT2D eigenvalue weighted by atomic mass is 16.5. The fourth-order valence-electron chi connectivity index (χ4n) is 2.68. The third-order valence-electron chi connectivity index (χ3n) is 3.91. The number of rotatable bonds is 8. The van der Waals surface area contributed by atoms with Gasteiger partial charge in [-0.2, -0.15) is 15.0 Å². The van der Waals surface area contributed by atoms with Crippen LogP contribution in [0.4, 0.5) is 17.8 Å². The fraction of sp³-hybridized carbons (Fsp3) is 0.562. The van der Waals surface area contributed by atoms with Gasteiger partial charge in [-0.3, -0.25) is 0 Å². The van der Waals surface area contributed by atoms with Crippen LogP contribution in [0.1, 0.15) is 25.7 Å². The van der Waals surface area contributed by atoms with Crippen LogP contribution in [0.15, 0.2) is 24.3 Å². The van der Waals surface area contributed by atoms with Crippen molar-refractivity contribution >= 4 is 17.8 Å². The van der Waals surface area contributed by atoms with Crippen LogP contribution in [0.25, 0.3) is 0 Å². The van der Waals surface area contributed by atoms with E-state index in [-0.39, 0.29) is 0 Å². The summed E-state index contributed by atoms with van der Waals surface area (Å²) in [4.78, 5) is 13.4. The zero-order valence-corrected chi connectivity index (χ0v) is 13.5. The van der Waals surface area contributed by atoms with Crippen LogP contribution in [-0.4, -0.2) is 47.3 Å².